The Kier molecular flexibility index (Phi) is 11.6. The van der Waals surface area contributed by atoms with E-state index in [1.807, 2.05) is 21.0 Å². The average molecular weight is 174 g/mol. The average Bonchev–Trinajstić information content (AvgIpc) is 2.05. The van der Waals surface area contributed by atoms with Crippen molar-refractivity contribution in [1.29, 1.82) is 0 Å². The number of allylic oxidation sites excluding steroid dienone is 1. The lowest BCUT2D eigenvalue weighted by atomic mass is 10.2. The quantitative estimate of drug-likeness (QED) is 0.475. The van der Waals surface area contributed by atoms with E-state index in [2.05, 4.69) is 16.1 Å². The first kappa shape index (κ1) is 13.7. The number of rotatable bonds is 2. The summed E-state index contributed by atoms with van der Waals surface area (Å²) in [6.07, 6.45) is 2.58. The van der Waals surface area contributed by atoms with Crippen molar-refractivity contribution < 1.29 is 9.63 Å². The van der Waals surface area contributed by atoms with Crippen molar-refractivity contribution in [2.75, 3.05) is 14.1 Å². The molecule has 4 heteroatoms. The maximum Gasteiger partial charge on any atom is 0.351 e. The summed E-state index contributed by atoms with van der Waals surface area (Å²) >= 11 is 0. The van der Waals surface area contributed by atoms with Gasteiger partial charge in [-0.05, 0) is 27.4 Å². The molecule has 0 saturated heterocycles. The molecular weight excluding hydrogens is 156 g/mol. The largest absolute Gasteiger partial charge is 0.370 e. The molecular formula is C8H18N2O2. The van der Waals surface area contributed by atoms with Crippen LogP contribution in [0.5, 0.6) is 0 Å². The summed E-state index contributed by atoms with van der Waals surface area (Å²) in [7, 11) is 3.75. The van der Waals surface area contributed by atoms with Crippen molar-refractivity contribution in [3.05, 3.63) is 11.6 Å². The summed E-state index contributed by atoms with van der Waals surface area (Å²) in [6, 6.07) is 0. The molecule has 0 aromatic rings. The van der Waals surface area contributed by atoms with Crippen molar-refractivity contribution >= 4 is 5.97 Å². The van der Waals surface area contributed by atoms with Crippen LogP contribution in [0.2, 0.25) is 0 Å². The van der Waals surface area contributed by atoms with E-state index < -0.39 is 5.97 Å². The highest BCUT2D eigenvalue weighted by molar-refractivity contribution is 5.87. The predicted octanol–water partition coefficient (Wildman–Crippen LogP) is 0.595. The van der Waals surface area contributed by atoms with Crippen LogP contribution < -0.4 is 11.2 Å². The topological polar surface area (TPSA) is 64.3 Å². The van der Waals surface area contributed by atoms with Crippen LogP contribution in [0.25, 0.3) is 0 Å². The Morgan fingerprint density at radius 1 is 1.58 bits per heavy atom. The van der Waals surface area contributed by atoms with Gasteiger partial charge in [-0.15, -0.1) is 0 Å². The number of hydrogen-bond acceptors (Lipinski definition) is 4. The van der Waals surface area contributed by atoms with Crippen molar-refractivity contribution in [3.63, 3.8) is 0 Å². The van der Waals surface area contributed by atoms with Gasteiger partial charge in [-0.25, -0.2) is 4.79 Å². The van der Waals surface area contributed by atoms with Gasteiger partial charge in [0.15, 0.2) is 0 Å². The fourth-order valence-electron chi connectivity index (χ4n) is 0.482. The molecule has 72 valence electrons. The van der Waals surface area contributed by atoms with E-state index in [0.717, 1.165) is 6.42 Å². The third-order valence-electron chi connectivity index (χ3n) is 0.939. The van der Waals surface area contributed by atoms with Crippen molar-refractivity contribution in [2.24, 2.45) is 5.90 Å². The number of nitrogens with one attached hydrogen (secondary N) is 1. The SMILES string of the molecule is CCC=C(C)C(=O)ON.CNC. The Morgan fingerprint density at radius 3 is 2.25 bits per heavy atom. The zero-order valence-electron chi connectivity index (χ0n) is 8.18. The second kappa shape index (κ2) is 10.1. The van der Waals surface area contributed by atoms with Gasteiger partial charge in [0.2, 0.25) is 0 Å². The van der Waals surface area contributed by atoms with Crippen LogP contribution in [-0.4, -0.2) is 20.1 Å². The molecule has 0 aliphatic carbocycles. The second-order valence-corrected chi connectivity index (χ2v) is 2.20. The molecule has 12 heavy (non-hydrogen) atoms. The Morgan fingerprint density at radius 2 is 2.00 bits per heavy atom. The molecule has 0 radical (unpaired) electrons. The van der Waals surface area contributed by atoms with Crippen LogP contribution in [0, 0.1) is 0 Å². The molecule has 0 aliphatic heterocycles. The molecule has 0 atom stereocenters. The third kappa shape index (κ3) is 9.13. The minimum atomic E-state index is -0.461. The minimum Gasteiger partial charge on any atom is -0.370 e. The predicted molar refractivity (Wildman–Crippen MR) is 49.3 cm³/mol. The van der Waals surface area contributed by atoms with Gasteiger partial charge in [-0.3, -0.25) is 0 Å². The van der Waals surface area contributed by atoms with Gasteiger partial charge in [-0.1, -0.05) is 13.0 Å². The molecule has 0 fully saturated rings. The highest BCUT2D eigenvalue weighted by Crippen LogP contribution is 1.95. The molecule has 3 N–H and O–H groups in total. The van der Waals surface area contributed by atoms with E-state index in [1.54, 1.807) is 13.0 Å². The molecule has 0 aromatic heterocycles. The fourth-order valence-corrected chi connectivity index (χ4v) is 0.482. The second-order valence-electron chi connectivity index (χ2n) is 2.20. The van der Waals surface area contributed by atoms with Gasteiger partial charge in [0.1, 0.15) is 0 Å². The maximum absolute atomic E-state index is 10.5. The molecule has 0 aromatic carbocycles. The van der Waals surface area contributed by atoms with Crippen LogP contribution >= 0.6 is 0 Å². The fraction of sp³-hybridized carbons (Fsp3) is 0.625. The molecule has 0 rings (SSSR count). The lowest BCUT2D eigenvalue weighted by Crippen LogP contribution is -2.10. The zero-order valence-corrected chi connectivity index (χ0v) is 8.18. The minimum absolute atomic E-state index is 0.461. The number of carbonyl (C=O) groups excluding carboxylic acids is 1. The third-order valence-corrected chi connectivity index (χ3v) is 0.939. The maximum atomic E-state index is 10.5. The Balaban J connectivity index is 0. The van der Waals surface area contributed by atoms with E-state index in [9.17, 15) is 4.79 Å². The molecule has 0 aliphatic rings. The standard InChI is InChI=1S/C6H11NO2.C2H7N/c1-3-4-5(2)6(8)9-7;1-3-2/h4H,3,7H2,1-2H3;3H,1-2H3. The Bertz CT molecular complexity index is 144. The van der Waals surface area contributed by atoms with Crippen LogP contribution in [0.15, 0.2) is 11.6 Å². The van der Waals surface area contributed by atoms with Gasteiger partial charge in [0, 0.05) is 5.57 Å². The van der Waals surface area contributed by atoms with Gasteiger partial charge in [0.05, 0.1) is 0 Å². The normalized spacial score (nSPS) is 9.92. The van der Waals surface area contributed by atoms with Crippen LogP contribution in [0.1, 0.15) is 20.3 Å². The van der Waals surface area contributed by atoms with E-state index >= 15 is 0 Å². The summed E-state index contributed by atoms with van der Waals surface area (Å²) in [4.78, 5) is 14.4. The van der Waals surface area contributed by atoms with Crippen LogP contribution in [0.4, 0.5) is 0 Å². The van der Waals surface area contributed by atoms with Gasteiger partial charge in [-0.2, -0.15) is 5.90 Å². The zero-order chi connectivity index (χ0) is 9.98. The van der Waals surface area contributed by atoms with Crippen molar-refractivity contribution in [3.8, 4) is 0 Å². The van der Waals surface area contributed by atoms with Crippen molar-refractivity contribution in [2.45, 2.75) is 20.3 Å². The number of hydrogen-bond donors (Lipinski definition) is 2. The molecule has 0 spiro atoms. The summed E-state index contributed by atoms with van der Waals surface area (Å²) in [5.74, 6) is 4.15. The summed E-state index contributed by atoms with van der Waals surface area (Å²) in [5, 5.41) is 2.75. The molecule has 0 bridgehead atoms. The summed E-state index contributed by atoms with van der Waals surface area (Å²) < 4.78 is 0. The van der Waals surface area contributed by atoms with E-state index in [4.69, 9.17) is 0 Å². The Hall–Kier alpha value is -0.870. The molecule has 0 unspecified atom stereocenters. The van der Waals surface area contributed by atoms with E-state index in [1.165, 1.54) is 0 Å². The van der Waals surface area contributed by atoms with Gasteiger partial charge >= 0.3 is 5.97 Å². The first-order chi connectivity index (χ1) is 5.63. The summed E-state index contributed by atoms with van der Waals surface area (Å²) in [6.45, 7) is 3.60. The van der Waals surface area contributed by atoms with Crippen molar-refractivity contribution in [1.82, 2.24) is 5.32 Å². The van der Waals surface area contributed by atoms with Crippen LogP contribution in [-0.2, 0) is 9.63 Å². The molecule has 4 nitrogen and oxygen atoms in total. The van der Waals surface area contributed by atoms with E-state index in [-0.39, 0.29) is 0 Å². The lowest BCUT2D eigenvalue weighted by molar-refractivity contribution is -0.139. The highest BCUT2D eigenvalue weighted by Gasteiger charge is 2.00. The lowest BCUT2D eigenvalue weighted by Gasteiger charge is -1.94. The van der Waals surface area contributed by atoms with Gasteiger partial charge in [0.25, 0.3) is 0 Å². The molecule has 0 amide bonds. The van der Waals surface area contributed by atoms with Gasteiger partial charge < -0.3 is 10.2 Å². The monoisotopic (exact) mass is 174 g/mol. The highest BCUT2D eigenvalue weighted by atomic mass is 16.7. The molecule has 0 saturated carbocycles. The first-order valence-corrected chi connectivity index (χ1v) is 3.80. The van der Waals surface area contributed by atoms with E-state index in [0.29, 0.717) is 5.57 Å². The summed E-state index contributed by atoms with van der Waals surface area (Å²) in [5.41, 5.74) is 0.556. The number of nitrogens with two attached hydrogens (primary N) is 1. The first-order valence-electron chi connectivity index (χ1n) is 3.80. The van der Waals surface area contributed by atoms with Crippen LogP contribution in [0.3, 0.4) is 0 Å². The number of carbonyl (C=O) groups is 1. The Labute approximate surface area is 73.7 Å². The smallest absolute Gasteiger partial charge is 0.351 e. The molecule has 0 heterocycles.